The Hall–Kier alpha value is -0.770. The topological polar surface area (TPSA) is 50.4 Å². The summed E-state index contributed by atoms with van der Waals surface area (Å²) in [4.78, 5) is 11.8. The molecule has 1 rings (SSSR count). The first kappa shape index (κ1) is 19.3. The molecule has 130 valence electrons. The van der Waals surface area contributed by atoms with Crippen molar-refractivity contribution in [3.63, 3.8) is 0 Å². The number of alkyl carbamates (subject to hydrolysis) is 1. The minimum absolute atomic E-state index is 0.315. The zero-order valence-electron chi connectivity index (χ0n) is 15.2. The van der Waals surface area contributed by atoms with Crippen LogP contribution >= 0.6 is 0 Å². The van der Waals surface area contributed by atoms with Crippen LogP contribution in [0.25, 0.3) is 0 Å². The summed E-state index contributed by atoms with van der Waals surface area (Å²) in [6, 6.07) is 0.942. The maximum atomic E-state index is 11.8. The summed E-state index contributed by atoms with van der Waals surface area (Å²) in [7, 11) is 0. The molecule has 1 amide bonds. The quantitative estimate of drug-likeness (QED) is 0.721. The van der Waals surface area contributed by atoms with Crippen molar-refractivity contribution in [3.05, 3.63) is 0 Å². The maximum absolute atomic E-state index is 11.8. The molecule has 1 fully saturated rings. The number of hydrogen-bond acceptors (Lipinski definition) is 3. The molecular weight excluding hydrogens is 276 g/mol. The van der Waals surface area contributed by atoms with Crippen LogP contribution < -0.4 is 10.6 Å². The molecular formula is C18H36N2O2. The SMILES string of the molecule is CCCC(CNC(=O)OC(C)(C)C)NC1CCCC(C)CC1. The number of ether oxygens (including phenoxy) is 1. The monoisotopic (exact) mass is 312 g/mol. The number of carbonyl (C=O) groups is 1. The smallest absolute Gasteiger partial charge is 0.407 e. The van der Waals surface area contributed by atoms with E-state index in [0.717, 1.165) is 18.8 Å². The van der Waals surface area contributed by atoms with Crippen molar-refractivity contribution < 1.29 is 9.53 Å². The van der Waals surface area contributed by atoms with E-state index in [-0.39, 0.29) is 6.09 Å². The number of carbonyl (C=O) groups excluding carboxylic acids is 1. The van der Waals surface area contributed by atoms with Crippen LogP contribution in [0.3, 0.4) is 0 Å². The molecule has 4 nitrogen and oxygen atoms in total. The van der Waals surface area contributed by atoms with Gasteiger partial charge in [0, 0.05) is 18.6 Å². The third-order valence-electron chi connectivity index (χ3n) is 4.26. The highest BCUT2D eigenvalue weighted by Gasteiger charge is 2.21. The van der Waals surface area contributed by atoms with Crippen LogP contribution in [0.5, 0.6) is 0 Å². The van der Waals surface area contributed by atoms with Gasteiger partial charge in [-0.15, -0.1) is 0 Å². The van der Waals surface area contributed by atoms with Crippen molar-refractivity contribution in [1.29, 1.82) is 0 Å². The Labute approximate surface area is 136 Å². The first-order valence-corrected chi connectivity index (χ1v) is 9.03. The molecule has 2 N–H and O–H groups in total. The Morgan fingerprint density at radius 1 is 1.23 bits per heavy atom. The standard InChI is InChI=1S/C18H36N2O2/c1-6-8-16(13-19-17(21)22-18(3,4)5)20-15-10-7-9-14(2)11-12-15/h14-16,20H,6-13H2,1-5H3,(H,19,21). The fraction of sp³-hybridized carbons (Fsp3) is 0.944. The molecule has 0 aromatic rings. The lowest BCUT2D eigenvalue weighted by molar-refractivity contribution is 0.0520. The van der Waals surface area contributed by atoms with E-state index in [4.69, 9.17) is 4.74 Å². The summed E-state index contributed by atoms with van der Waals surface area (Å²) in [5.41, 5.74) is -0.435. The van der Waals surface area contributed by atoms with E-state index in [1.165, 1.54) is 32.1 Å². The molecule has 1 saturated carbocycles. The van der Waals surface area contributed by atoms with E-state index in [0.29, 0.717) is 18.6 Å². The van der Waals surface area contributed by atoms with Crippen molar-refractivity contribution >= 4 is 6.09 Å². The molecule has 0 aromatic carbocycles. The van der Waals surface area contributed by atoms with E-state index >= 15 is 0 Å². The van der Waals surface area contributed by atoms with Gasteiger partial charge in [0.1, 0.15) is 5.60 Å². The highest BCUT2D eigenvalue weighted by Crippen LogP contribution is 2.23. The first-order chi connectivity index (χ1) is 10.3. The van der Waals surface area contributed by atoms with E-state index in [2.05, 4.69) is 24.5 Å². The van der Waals surface area contributed by atoms with E-state index in [9.17, 15) is 4.79 Å². The van der Waals surface area contributed by atoms with Gasteiger partial charge in [0.25, 0.3) is 0 Å². The molecule has 4 heteroatoms. The largest absolute Gasteiger partial charge is 0.444 e. The zero-order chi connectivity index (χ0) is 16.6. The zero-order valence-corrected chi connectivity index (χ0v) is 15.2. The van der Waals surface area contributed by atoms with Crippen LogP contribution in [0.1, 0.15) is 79.6 Å². The van der Waals surface area contributed by atoms with E-state index < -0.39 is 5.60 Å². The summed E-state index contributed by atoms with van der Waals surface area (Å²) >= 11 is 0. The van der Waals surface area contributed by atoms with Crippen molar-refractivity contribution in [2.75, 3.05) is 6.54 Å². The summed E-state index contributed by atoms with van der Waals surface area (Å²) in [5, 5.41) is 6.68. The lowest BCUT2D eigenvalue weighted by Crippen LogP contribution is -2.46. The van der Waals surface area contributed by atoms with Crippen molar-refractivity contribution in [1.82, 2.24) is 10.6 Å². The highest BCUT2D eigenvalue weighted by atomic mass is 16.6. The molecule has 0 radical (unpaired) electrons. The predicted octanol–water partition coefficient (Wildman–Crippen LogP) is 4.24. The summed E-state index contributed by atoms with van der Waals surface area (Å²) in [6.45, 7) is 10.9. The van der Waals surface area contributed by atoms with Crippen LogP contribution in [0.4, 0.5) is 4.79 Å². The molecule has 0 aromatic heterocycles. The van der Waals surface area contributed by atoms with E-state index in [1.54, 1.807) is 0 Å². The van der Waals surface area contributed by atoms with Gasteiger partial charge in [0.05, 0.1) is 0 Å². The van der Waals surface area contributed by atoms with Gasteiger partial charge in [-0.05, 0) is 52.4 Å². The van der Waals surface area contributed by atoms with Crippen molar-refractivity contribution in [2.24, 2.45) is 5.92 Å². The fourth-order valence-electron chi connectivity index (χ4n) is 3.10. The van der Waals surface area contributed by atoms with Crippen LogP contribution in [-0.2, 0) is 4.74 Å². The number of nitrogens with one attached hydrogen (secondary N) is 2. The second kappa shape index (κ2) is 9.39. The van der Waals surface area contributed by atoms with Crippen LogP contribution in [0.2, 0.25) is 0 Å². The number of hydrogen-bond donors (Lipinski definition) is 2. The Kier molecular flexibility index (Phi) is 8.23. The second-order valence-electron chi connectivity index (χ2n) is 7.85. The minimum atomic E-state index is -0.435. The average molecular weight is 312 g/mol. The Morgan fingerprint density at radius 2 is 1.95 bits per heavy atom. The predicted molar refractivity (Wildman–Crippen MR) is 92.1 cm³/mol. The molecule has 0 heterocycles. The van der Waals surface area contributed by atoms with Gasteiger partial charge in [-0.25, -0.2) is 4.79 Å². The van der Waals surface area contributed by atoms with Crippen molar-refractivity contribution in [2.45, 2.75) is 97.2 Å². The van der Waals surface area contributed by atoms with Gasteiger partial charge < -0.3 is 15.4 Å². The van der Waals surface area contributed by atoms with Crippen LogP contribution in [0.15, 0.2) is 0 Å². The number of rotatable bonds is 6. The molecule has 1 aliphatic rings. The van der Waals surface area contributed by atoms with E-state index in [1.807, 2.05) is 20.8 Å². The molecule has 0 bridgehead atoms. The Bertz CT molecular complexity index is 326. The maximum Gasteiger partial charge on any atom is 0.407 e. The Balaban J connectivity index is 2.39. The molecule has 3 atom stereocenters. The summed E-state index contributed by atoms with van der Waals surface area (Å²) < 4.78 is 5.31. The summed E-state index contributed by atoms with van der Waals surface area (Å²) in [5.74, 6) is 0.858. The lowest BCUT2D eigenvalue weighted by atomic mass is 10.0. The van der Waals surface area contributed by atoms with Gasteiger partial charge in [0.2, 0.25) is 0 Å². The van der Waals surface area contributed by atoms with Gasteiger partial charge in [-0.2, -0.15) is 0 Å². The van der Waals surface area contributed by atoms with Gasteiger partial charge >= 0.3 is 6.09 Å². The third kappa shape index (κ3) is 8.62. The van der Waals surface area contributed by atoms with Crippen LogP contribution in [0, 0.1) is 5.92 Å². The van der Waals surface area contributed by atoms with Crippen LogP contribution in [-0.4, -0.2) is 30.3 Å². The van der Waals surface area contributed by atoms with Gasteiger partial charge in [-0.3, -0.25) is 0 Å². The highest BCUT2D eigenvalue weighted by molar-refractivity contribution is 5.67. The minimum Gasteiger partial charge on any atom is -0.444 e. The average Bonchev–Trinajstić information content (AvgIpc) is 2.59. The first-order valence-electron chi connectivity index (χ1n) is 9.03. The Morgan fingerprint density at radius 3 is 2.59 bits per heavy atom. The van der Waals surface area contributed by atoms with Crippen molar-refractivity contribution in [3.8, 4) is 0 Å². The third-order valence-corrected chi connectivity index (χ3v) is 4.26. The molecule has 0 spiro atoms. The normalized spacial score (nSPS) is 24.4. The summed E-state index contributed by atoms with van der Waals surface area (Å²) in [6.07, 6.45) is 8.40. The molecule has 1 aliphatic carbocycles. The van der Waals surface area contributed by atoms with Gasteiger partial charge in [0.15, 0.2) is 0 Å². The van der Waals surface area contributed by atoms with Gasteiger partial charge in [-0.1, -0.05) is 33.1 Å². The number of amides is 1. The molecule has 3 unspecified atom stereocenters. The molecule has 0 aliphatic heterocycles. The second-order valence-corrected chi connectivity index (χ2v) is 7.85. The fourth-order valence-corrected chi connectivity index (χ4v) is 3.10. The molecule has 22 heavy (non-hydrogen) atoms. The molecule has 0 saturated heterocycles. The lowest BCUT2D eigenvalue weighted by Gasteiger charge is -2.26.